The number of amides is 1. The molecule has 104 valence electrons. The van der Waals surface area contributed by atoms with Crippen LogP contribution in [0, 0.1) is 0 Å². The topological polar surface area (TPSA) is 93.0 Å². The number of anilines is 1. The molecule has 1 aliphatic heterocycles. The average Bonchev–Trinajstić information content (AvgIpc) is 3.03. The van der Waals surface area contributed by atoms with Crippen LogP contribution in [0.15, 0.2) is 22.8 Å². The molecule has 1 amide bonds. The van der Waals surface area contributed by atoms with Crippen molar-refractivity contribution in [3.8, 4) is 5.75 Å². The van der Waals surface area contributed by atoms with E-state index in [1.54, 1.807) is 0 Å². The Kier molecular flexibility index (Phi) is 3.35. The summed E-state index contributed by atoms with van der Waals surface area (Å²) < 4.78 is 6.60. The van der Waals surface area contributed by atoms with Gasteiger partial charge in [0.15, 0.2) is 0 Å². The van der Waals surface area contributed by atoms with Crippen LogP contribution < -0.4 is 15.8 Å². The van der Waals surface area contributed by atoms with E-state index >= 15 is 0 Å². The lowest BCUT2D eigenvalue weighted by Crippen LogP contribution is -2.23. The highest BCUT2D eigenvalue weighted by Crippen LogP contribution is 2.32. The summed E-state index contributed by atoms with van der Waals surface area (Å²) in [5, 5.41) is 9.08. The van der Waals surface area contributed by atoms with Crippen molar-refractivity contribution < 1.29 is 9.53 Å². The summed E-state index contributed by atoms with van der Waals surface area (Å²) in [5.41, 5.74) is 8.06. The van der Waals surface area contributed by atoms with Gasteiger partial charge in [0, 0.05) is 23.0 Å². The van der Waals surface area contributed by atoms with Crippen LogP contribution in [-0.2, 0) is 13.0 Å². The molecule has 1 aliphatic rings. The van der Waals surface area contributed by atoms with Gasteiger partial charge in [-0.3, -0.25) is 9.89 Å². The van der Waals surface area contributed by atoms with Gasteiger partial charge in [0.05, 0.1) is 12.8 Å². The molecule has 0 saturated carbocycles. The van der Waals surface area contributed by atoms with Crippen LogP contribution in [0.5, 0.6) is 5.75 Å². The third-order valence-electron chi connectivity index (χ3n) is 3.18. The fourth-order valence-electron chi connectivity index (χ4n) is 2.23. The molecule has 4 N–H and O–H groups in total. The molecule has 3 rings (SSSR count). The minimum atomic E-state index is -0.261. The molecule has 20 heavy (non-hydrogen) atoms. The molecule has 1 aromatic carbocycles. The highest BCUT2D eigenvalue weighted by molar-refractivity contribution is 9.10. The van der Waals surface area contributed by atoms with E-state index in [9.17, 15) is 4.79 Å². The molecule has 0 unspecified atom stereocenters. The van der Waals surface area contributed by atoms with Crippen LogP contribution in [0.4, 0.5) is 5.82 Å². The van der Waals surface area contributed by atoms with Crippen LogP contribution in [0.1, 0.15) is 21.5 Å². The Bertz CT molecular complexity index is 668. The van der Waals surface area contributed by atoms with Gasteiger partial charge in [-0.05, 0) is 17.7 Å². The zero-order valence-corrected chi connectivity index (χ0v) is 12.2. The van der Waals surface area contributed by atoms with Gasteiger partial charge in [-0.1, -0.05) is 15.9 Å². The normalized spacial score (nSPS) is 12.8. The first-order valence-electron chi connectivity index (χ1n) is 6.16. The lowest BCUT2D eigenvalue weighted by molar-refractivity contribution is 0.0951. The van der Waals surface area contributed by atoms with E-state index in [1.165, 1.54) is 6.20 Å². The van der Waals surface area contributed by atoms with E-state index in [2.05, 4.69) is 31.4 Å². The summed E-state index contributed by atoms with van der Waals surface area (Å²) in [7, 11) is 0. The van der Waals surface area contributed by atoms with Crippen molar-refractivity contribution in [1.29, 1.82) is 0 Å². The molecule has 0 radical (unpaired) electrons. The van der Waals surface area contributed by atoms with Crippen LogP contribution in [0.25, 0.3) is 0 Å². The Labute approximate surface area is 123 Å². The van der Waals surface area contributed by atoms with Crippen molar-refractivity contribution >= 4 is 27.7 Å². The van der Waals surface area contributed by atoms with Crippen LogP contribution in [0.3, 0.4) is 0 Å². The van der Waals surface area contributed by atoms with Crippen molar-refractivity contribution in [2.24, 2.45) is 0 Å². The van der Waals surface area contributed by atoms with Crippen molar-refractivity contribution in [1.82, 2.24) is 15.5 Å². The summed E-state index contributed by atoms with van der Waals surface area (Å²) in [5.74, 6) is 0.870. The minimum absolute atomic E-state index is 0.261. The molecule has 1 aromatic heterocycles. The number of aromatic amines is 1. The number of aromatic nitrogens is 2. The van der Waals surface area contributed by atoms with Gasteiger partial charge in [-0.15, -0.1) is 0 Å². The first kappa shape index (κ1) is 13.0. The molecule has 7 heteroatoms. The van der Waals surface area contributed by atoms with Crippen LogP contribution in [-0.4, -0.2) is 22.7 Å². The van der Waals surface area contributed by atoms with Gasteiger partial charge >= 0.3 is 0 Å². The second kappa shape index (κ2) is 5.16. The third kappa shape index (κ3) is 2.36. The Morgan fingerprint density at radius 1 is 1.55 bits per heavy atom. The number of nitrogens with two attached hydrogens (primary N) is 1. The molecule has 0 atom stereocenters. The predicted octanol–water partition coefficient (Wildman–Crippen LogP) is 1.62. The first-order chi connectivity index (χ1) is 9.65. The molecular weight excluding hydrogens is 324 g/mol. The van der Waals surface area contributed by atoms with E-state index in [0.29, 0.717) is 18.7 Å². The molecule has 2 aromatic rings. The van der Waals surface area contributed by atoms with Crippen LogP contribution in [0.2, 0.25) is 0 Å². The van der Waals surface area contributed by atoms with Gasteiger partial charge in [0.1, 0.15) is 17.1 Å². The number of halogens is 1. The number of fused-ring (bicyclic) bond motifs is 1. The van der Waals surface area contributed by atoms with Gasteiger partial charge in [-0.2, -0.15) is 5.10 Å². The second-order valence-electron chi connectivity index (χ2n) is 4.53. The largest absolute Gasteiger partial charge is 0.493 e. The molecule has 2 heterocycles. The summed E-state index contributed by atoms with van der Waals surface area (Å²) >= 11 is 3.47. The second-order valence-corrected chi connectivity index (χ2v) is 5.45. The summed E-state index contributed by atoms with van der Waals surface area (Å²) in [6, 6.07) is 3.99. The standard InChI is InChI=1S/C13H13BrN4O2/c14-9-3-7-1-2-20-11(7)8(4-9)5-16-13(19)10-6-17-18-12(10)15/h3-4,6H,1-2,5H2,(H,16,19)(H3,15,17,18). The number of carbonyl (C=O) groups is 1. The predicted molar refractivity (Wildman–Crippen MR) is 77.5 cm³/mol. The van der Waals surface area contributed by atoms with E-state index in [1.807, 2.05) is 12.1 Å². The smallest absolute Gasteiger partial charge is 0.256 e. The number of rotatable bonds is 3. The first-order valence-corrected chi connectivity index (χ1v) is 6.95. The number of hydrogen-bond donors (Lipinski definition) is 3. The Hall–Kier alpha value is -2.02. The van der Waals surface area contributed by atoms with Crippen molar-refractivity contribution in [3.63, 3.8) is 0 Å². The molecule has 0 aliphatic carbocycles. The van der Waals surface area contributed by atoms with E-state index in [0.717, 1.165) is 27.8 Å². The summed E-state index contributed by atoms with van der Waals surface area (Å²) in [4.78, 5) is 12.0. The van der Waals surface area contributed by atoms with Gasteiger partial charge in [0.2, 0.25) is 0 Å². The SMILES string of the molecule is Nc1[nH]ncc1C(=O)NCc1cc(Br)cc2c1OCC2. The molecular formula is C13H13BrN4O2. The zero-order chi connectivity index (χ0) is 14.1. The maximum Gasteiger partial charge on any atom is 0.256 e. The fourth-order valence-corrected chi connectivity index (χ4v) is 2.78. The van der Waals surface area contributed by atoms with Gasteiger partial charge in [-0.25, -0.2) is 0 Å². The highest BCUT2D eigenvalue weighted by atomic mass is 79.9. The number of benzene rings is 1. The van der Waals surface area contributed by atoms with E-state index in [-0.39, 0.29) is 11.7 Å². The number of ether oxygens (including phenoxy) is 1. The molecule has 0 spiro atoms. The average molecular weight is 337 g/mol. The zero-order valence-electron chi connectivity index (χ0n) is 10.6. The summed E-state index contributed by atoms with van der Waals surface area (Å²) in [6.45, 7) is 1.06. The van der Waals surface area contributed by atoms with Crippen LogP contribution >= 0.6 is 15.9 Å². The van der Waals surface area contributed by atoms with Crippen molar-refractivity contribution in [2.75, 3.05) is 12.3 Å². The van der Waals surface area contributed by atoms with Crippen molar-refractivity contribution in [2.45, 2.75) is 13.0 Å². The number of nitrogens with one attached hydrogen (secondary N) is 2. The number of H-pyrrole nitrogens is 1. The summed E-state index contributed by atoms with van der Waals surface area (Å²) in [6.07, 6.45) is 2.30. The molecule has 0 bridgehead atoms. The van der Waals surface area contributed by atoms with Crippen molar-refractivity contribution in [3.05, 3.63) is 39.5 Å². The number of hydrogen-bond acceptors (Lipinski definition) is 4. The minimum Gasteiger partial charge on any atom is -0.493 e. The Morgan fingerprint density at radius 2 is 2.40 bits per heavy atom. The number of nitrogens with zero attached hydrogens (tertiary/aromatic N) is 1. The number of nitrogen functional groups attached to an aromatic ring is 1. The highest BCUT2D eigenvalue weighted by Gasteiger charge is 2.18. The monoisotopic (exact) mass is 336 g/mol. The third-order valence-corrected chi connectivity index (χ3v) is 3.64. The number of carbonyl (C=O) groups excluding carboxylic acids is 1. The molecule has 0 saturated heterocycles. The quantitative estimate of drug-likeness (QED) is 0.793. The van der Waals surface area contributed by atoms with Gasteiger partial charge in [0.25, 0.3) is 5.91 Å². The van der Waals surface area contributed by atoms with E-state index < -0.39 is 0 Å². The van der Waals surface area contributed by atoms with E-state index in [4.69, 9.17) is 10.5 Å². The van der Waals surface area contributed by atoms with Gasteiger partial charge < -0.3 is 15.8 Å². The molecule has 0 fully saturated rings. The Balaban J connectivity index is 1.76. The fraction of sp³-hybridized carbons (Fsp3) is 0.231. The Morgan fingerprint density at radius 3 is 3.15 bits per heavy atom. The maximum atomic E-state index is 12.0. The lowest BCUT2D eigenvalue weighted by Gasteiger charge is -2.10. The molecule has 6 nitrogen and oxygen atoms in total. The lowest BCUT2D eigenvalue weighted by atomic mass is 10.1. The maximum absolute atomic E-state index is 12.0.